The van der Waals surface area contributed by atoms with Crippen molar-refractivity contribution in [1.82, 2.24) is 0 Å². The van der Waals surface area contributed by atoms with E-state index in [1.54, 1.807) is 5.56 Å². The van der Waals surface area contributed by atoms with E-state index in [1.807, 2.05) is 7.11 Å². The number of rotatable bonds is 6. The Kier molecular flexibility index (Phi) is 7.14. The summed E-state index contributed by atoms with van der Waals surface area (Å²) in [7, 11) is 1.84. The van der Waals surface area contributed by atoms with Crippen LogP contribution in [0.15, 0.2) is 18.2 Å². The molecule has 0 radical (unpaired) electrons. The summed E-state index contributed by atoms with van der Waals surface area (Å²) in [6.07, 6.45) is 13.2. The molecule has 4 fully saturated rings. The van der Waals surface area contributed by atoms with Crippen LogP contribution in [-0.4, -0.2) is 45.6 Å². The van der Waals surface area contributed by atoms with Gasteiger partial charge in [0.05, 0.1) is 19.3 Å². The third-order valence-electron chi connectivity index (χ3n) is 10.0. The van der Waals surface area contributed by atoms with E-state index in [-0.39, 0.29) is 18.0 Å². The van der Waals surface area contributed by atoms with Crippen LogP contribution >= 0.6 is 0 Å². The molecule has 5 nitrogen and oxygen atoms in total. The third kappa shape index (κ3) is 4.67. The standard InChI is InChI=1S/C30H44O5/c1-30-14-13-23-22-10-9-21(34-28-7-3-5-15-32-28)18-24(22)20(19-31-2)17-25(23)26(30)11-12-27(30)35-29-8-4-6-16-33-29/h9-10,18,20,23,25-29H,3-8,11-17,19H2,1-2H3/t20-,23?,25?,26?,27-,28?,29?,30-/m0/s1. The van der Waals surface area contributed by atoms with Gasteiger partial charge < -0.3 is 23.7 Å². The van der Waals surface area contributed by atoms with Crippen LogP contribution in [0.1, 0.15) is 101 Å². The zero-order chi connectivity index (χ0) is 23.8. The SMILES string of the molecule is COC[C@@H]1CC2C(CC[C@@]3(C)C2CC[C@@H]3OC2CCCCO2)c2ccc(OC3CCCCO3)cc21. The van der Waals surface area contributed by atoms with Crippen LogP contribution < -0.4 is 4.74 Å². The lowest BCUT2D eigenvalue weighted by Crippen LogP contribution is -2.46. The highest BCUT2D eigenvalue weighted by Gasteiger charge is 2.56. The maximum Gasteiger partial charge on any atom is 0.199 e. The third-order valence-corrected chi connectivity index (χ3v) is 10.0. The summed E-state index contributed by atoms with van der Waals surface area (Å²) in [5.74, 6) is 3.44. The molecule has 6 rings (SSSR count). The lowest BCUT2D eigenvalue weighted by molar-refractivity contribution is -0.213. The fourth-order valence-corrected chi connectivity index (χ4v) is 8.27. The van der Waals surface area contributed by atoms with Gasteiger partial charge in [-0.1, -0.05) is 13.0 Å². The molecule has 0 aromatic heterocycles. The molecule has 0 spiro atoms. The summed E-state index contributed by atoms with van der Waals surface area (Å²) in [4.78, 5) is 0. The van der Waals surface area contributed by atoms with E-state index in [2.05, 4.69) is 25.1 Å². The van der Waals surface area contributed by atoms with Crippen LogP contribution in [0.3, 0.4) is 0 Å². The number of ether oxygens (including phenoxy) is 5. The average Bonchev–Trinajstić information content (AvgIpc) is 3.22. The Morgan fingerprint density at radius 2 is 1.71 bits per heavy atom. The van der Waals surface area contributed by atoms with Crippen LogP contribution in [0.4, 0.5) is 0 Å². The molecule has 194 valence electrons. The lowest BCUT2D eigenvalue weighted by Gasteiger charge is -2.52. The number of methoxy groups -OCH3 is 1. The summed E-state index contributed by atoms with van der Waals surface area (Å²) >= 11 is 0. The van der Waals surface area contributed by atoms with Gasteiger partial charge in [-0.3, -0.25) is 0 Å². The van der Waals surface area contributed by atoms with Gasteiger partial charge in [-0.15, -0.1) is 0 Å². The van der Waals surface area contributed by atoms with Gasteiger partial charge in [0.1, 0.15) is 5.75 Å². The summed E-state index contributed by atoms with van der Waals surface area (Å²) < 4.78 is 30.5. The number of hydrogen-bond acceptors (Lipinski definition) is 5. The van der Waals surface area contributed by atoms with E-state index >= 15 is 0 Å². The summed E-state index contributed by atoms with van der Waals surface area (Å²) in [6, 6.07) is 6.87. The molecule has 35 heavy (non-hydrogen) atoms. The van der Waals surface area contributed by atoms with Crippen molar-refractivity contribution in [2.75, 3.05) is 26.9 Å². The van der Waals surface area contributed by atoms with Gasteiger partial charge in [0, 0.05) is 26.1 Å². The lowest BCUT2D eigenvalue weighted by atomic mass is 9.54. The Balaban J connectivity index is 1.22. The first kappa shape index (κ1) is 24.2. The summed E-state index contributed by atoms with van der Waals surface area (Å²) in [5.41, 5.74) is 3.26. The minimum Gasteiger partial charge on any atom is -0.465 e. The molecule has 2 saturated carbocycles. The molecule has 5 aliphatic rings. The highest BCUT2D eigenvalue weighted by molar-refractivity contribution is 5.43. The van der Waals surface area contributed by atoms with Crippen LogP contribution in [0, 0.1) is 17.3 Å². The molecule has 3 aliphatic carbocycles. The smallest absolute Gasteiger partial charge is 0.199 e. The molecule has 0 N–H and O–H groups in total. The largest absolute Gasteiger partial charge is 0.465 e. The monoisotopic (exact) mass is 484 g/mol. The minimum atomic E-state index is -0.0991. The number of benzene rings is 1. The molecule has 5 heteroatoms. The van der Waals surface area contributed by atoms with Gasteiger partial charge in [0.25, 0.3) is 0 Å². The van der Waals surface area contributed by atoms with Crippen molar-refractivity contribution >= 4 is 0 Å². The Morgan fingerprint density at radius 1 is 0.914 bits per heavy atom. The fourth-order valence-electron chi connectivity index (χ4n) is 8.27. The molecule has 2 aliphatic heterocycles. The van der Waals surface area contributed by atoms with Gasteiger partial charge in [0.15, 0.2) is 12.6 Å². The molecule has 1 aromatic rings. The second-order valence-electron chi connectivity index (χ2n) is 12.0. The summed E-state index contributed by atoms with van der Waals surface area (Å²) in [6.45, 7) is 4.97. The molecule has 2 heterocycles. The van der Waals surface area contributed by atoms with Crippen LogP contribution in [0.2, 0.25) is 0 Å². The zero-order valence-electron chi connectivity index (χ0n) is 21.7. The summed E-state index contributed by atoms with van der Waals surface area (Å²) in [5, 5.41) is 0. The van der Waals surface area contributed by atoms with Crippen LogP contribution in [0.25, 0.3) is 0 Å². The molecule has 0 bridgehead atoms. The molecule has 1 aromatic carbocycles. The minimum absolute atomic E-state index is 0.0157. The molecule has 2 saturated heterocycles. The topological polar surface area (TPSA) is 46.2 Å². The van der Waals surface area contributed by atoms with Gasteiger partial charge >= 0.3 is 0 Å². The normalized spacial score (nSPS) is 41.0. The Morgan fingerprint density at radius 3 is 2.46 bits per heavy atom. The molecular weight excluding hydrogens is 440 g/mol. The van der Waals surface area contributed by atoms with Gasteiger partial charge in [0.2, 0.25) is 0 Å². The zero-order valence-corrected chi connectivity index (χ0v) is 21.7. The molecule has 0 amide bonds. The average molecular weight is 485 g/mol. The van der Waals surface area contributed by atoms with E-state index in [1.165, 1.54) is 56.9 Å². The van der Waals surface area contributed by atoms with E-state index < -0.39 is 0 Å². The van der Waals surface area contributed by atoms with Crippen LogP contribution in [-0.2, 0) is 18.9 Å². The predicted octanol–water partition coefficient (Wildman–Crippen LogP) is 6.55. The number of hydrogen-bond donors (Lipinski definition) is 0. The quantitative estimate of drug-likeness (QED) is 0.458. The second-order valence-corrected chi connectivity index (χ2v) is 12.0. The Labute approximate surface area is 211 Å². The van der Waals surface area contributed by atoms with Crippen molar-refractivity contribution in [1.29, 1.82) is 0 Å². The van der Waals surface area contributed by atoms with E-state index in [0.29, 0.717) is 29.8 Å². The first-order valence-corrected chi connectivity index (χ1v) is 14.3. The molecule has 5 unspecified atom stereocenters. The molecule has 8 atom stereocenters. The van der Waals surface area contributed by atoms with Gasteiger partial charge in [-0.05, 0) is 111 Å². The highest BCUT2D eigenvalue weighted by Crippen LogP contribution is 2.63. The second kappa shape index (κ2) is 10.3. The van der Waals surface area contributed by atoms with Crippen molar-refractivity contribution in [3.05, 3.63) is 29.3 Å². The van der Waals surface area contributed by atoms with Crippen molar-refractivity contribution in [3.63, 3.8) is 0 Å². The van der Waals surface area contributed by atoms with Crippen molar-refractivity contribution in [2.45, 2.75) is 108 Å². The van der Waals surface area contributed by atoms with E-state index in [9.17, 15) is 0 Å². The maximum absolute atomic E-state index is 6.66. The van der Waals surface area contributed by atoms with Crippen molar-refractivity contribution in [2.24, 2.45) is 17.3 Å². The predicted molar refractivity (Wildman–Crippen MR) is 135 cm³/mol. The van der Waals surface area contributed by atoms with Crippen molar-refractivity contribution < 1.29 is 23.7 Å². The van der Waals surface area contributed by atoms with Gasteiger partial charge in [-0.2, -0.15) is 0 Å². The fraction of sp³-hybridized carbons (Fsp3) is 0.800. The maximum atomic E-state index is 6.66. The first-order valence-electron chi connectivity index (χ1n) is 14.3. The number of fused-ring (bicyclic) bond motifs is 5. The van der Waals surface area contributed by atoms with Crippen LogP contribution in [0.5, 0.6) is 5.75 Å². The molecular formula is C30H44O5. The Bertz CT molecular complexity index is 860. The Hall–Kier alpha value is -1.14. The van der Waals surface area contributed by atoms with E-state index in [0.717, 1.165) is 44.8 Å². The first-order chi connectivity index (χ1) is 17.2. The highest BCUT2D eigenvalue weighted by atomic mass is 16.7. The van der Waals surface area contributed by atoms with Crippen molar-refractivity contribution in [3.8, 4) is 5.75 Å². The van der Waals surface area contributed by atoms with E-state index in [4.69, 9.17) is 23.7 Å². The van der Waals surface area contributed by atoms with Gasteiger partial charge in [-0.25, -0.2) is 0 Å².